The van der Waals surface area contributed by atoms with Crippen LogP contribution in [0.2, 0.25) is 0 Å². The van der Waals surface area contributed by atoms with Crippen LogP contribution in [0.4, 0.5) is 0 Å². The number of hydroxylamine groups is 1. The van der Waals surface area contributed by atoms with Crippen molar-refractivity contribution in [3.05, 3.63) is 89.4 Å². The van der Waals surface area contributed by atoms with Gasteiger partial charge in [0.25, 0.3) is 0 Å². The van der Waals surface area contributed by atoms with E-state index in [1.165, 1.54) is 30.1 Å². The first-order chi connectivity index (χ1) is 17.2. The van der Waals surface area contributed by atoms with Crippen molar-refractivity contribution >= 4 is 21.2 Å². The van der Waals surface area contributed by atoms with Gasteiger partial charge in [-0.3, -0.25) is 20.2 Å². The number of nitrogens with zero attached hydrogens (tertiary/aromatic N) is 3. The van der Waals surface area contributed by atoms with Gasteiger partial charge in [0.2, 0.25) is 5.88 Å². The first-order valence-electron chi connectivity index (χ1n) is 10.9. The van der Waals surface area contributed by atoms with Crippen LogP contribution >= 0.6 is 0 Å². The molecule has 0 unspecified atom stereocenters. The molecule has 1 aliphatic heterocycles. The number of carbonyl (C=O) groups excluding carboxylic acids is 1. The minimum atomic E-state index is -3.51. The molecule has 2 aromatic heterocycles. The van der Waals surface area contributed by atoms with Crippen molar-refractivity contribution in [1.29, 1.82) is 0 Å². The lowest BCUT2D eigenvalue weighted by Gasteiger charge is -2.15. The highest BCUT2D eigenvalue weighted by molar-refractivity contribution is 7.90. The topological polar surface area (TPSA) is 139 Å². The van der Waals surface area contributed by atoms with E-state index >= 15 is 0 Å². The van der Waals surface area contributed by atoms with E-state index in [0.29, 0.717) is 22.3 Å². The van der Waals surface area contributed by atoms with E-state index in [1.807, 2.05) is 42.6 Å². The van der Waals surface area contributed by atoms with Crippen LogP contribution in [0.5, 0.6) is 5.88 Å². The third kappa shape index (κ3) is 5.07. The van der Waals surface area contributed by atoms with E-state index in [9.17, 15) is 18.3 Å². The Morgan fingerprint density at radius 1 is 1.11 bits per heavy atom. The second kappa shape index (κ2) is 10.2. The molecule has 11 heteroatoms. The lowest BCUT2D eigenvalue weighted by molar-refractivity contribution is 0.103. The fourth-order valence-electron chi connectivity index (χ4n) is 3.83. The summed E-state index contributed by atoms with van der Waals surface area (Å²) in [6.07, 6.45) is 5.78. The summed E-state index contributed by atoms with van der Waals surface area (Å²) < 4.78 is 25.5. The Hall–Kier alpha value is -4.22. The number of aromatic amines is 1. The van der Waals surface area contributed by atoms with Gasteiger partial charge in [-0.05, 0) is 30.7 Å². The van der Waals surface area contributed by atoms with Crippen LogP contribution in [0.3, 0.4) is 0 Å². The molecule has 0 amide bonds. The molecule has 2 aromatic carbocycles. The van der Waals surface area contributed by atoms with Crippen LogP contribution in [0.15, 0.2) is 72.0 Å². The van der Waals surface area contributed by atoms with Gasteiger partial charge in [-0.25, -0.2) is 13.1 Å². The molecule has 0 radical (unpaired) electrons. The molecule has 0 atom stereocenters. The molecule has 5 rings (SSSR count). The molecule has 36 heavy (non-hydrogen) atoms. The number of rotatable bonds is 5. The Morgan fingerprint density at radius 3 is 2.42 bits per heavy atom. The number of ketones is 1. The predicted molar refractivity (Wildman–Crippen MR) is 134 cm³/mol. The minimum Gasteiger partial charge on any atom is -0.493 e. The van der Waals surface area contributed by atoms with Crippen LogP contribution in [0.25, 0.3) is 16.8 Å². The lowest BCUT2D eigenvalue weighted by Crippen LogP contribution is -2.11. The summed E-state index contributed by atoms with van der Waals surface area (Å²) in [5.74, 6) is -0.680. The molecule has 0 spiro atoms. The van der Waals surface area contributed by atoms with Crippen molar-refractivity contribution in [2.45, 2.75) is 11.8 Å². The van der Waals surface area contributed by atoms with Gasteiger partial charge in [0.1, 0.15) is 12.2 Å². The lowest BCUT2D eigenvalue weighted by atomic mass is 9.93. The van der Waals surface area contributed by atoms with E-state index < -0.39 is 15.6 Å². The maximum atomic E-state index is 12.8. The highest BCUT2D eigenvalue weighted by Gasteiger charge is 2.26. The zero-order valence-electron chi connectivity index (χ0n) is 19.9. The molecule has 4 aromatic rings. The standard InChI is InChI=1S/C16H17N3O5S.C9H8N2/c1-9-11(15(20)12-7-17-19(2)16(12)21)4-5-13(25(3,22)23)14(9)10-6-18-24-8-10;1-2-4-8(5-3-1)9-6-7-10-11-9/h4-7,18,21H,8H2,1-3H3;1-7H,(H,10,11). The zero-order valence-corrected chi connectivity index (χ0v) is 20.7. The highest BCUT2D eigenvalue weighted by atomic mass is 32.2. The molecule has 0 saturated heterocycles. The average Bonchev–Trinajstić information content (AvgIpc) is 3.63. The molecular weight excluding hydrogens is 482 g/mol. The van der Waals surface area contributed by atoms with E-state index in [0.717, 1.165) is 17.5 Å². The largest absolute Gasteiger partial charge is 0.493 e. The van der Waals surface area contributed by atoms with Crippen LogP contribution in [0, 0.1) is 6.92 Å². The number of hydrogen-bond acceptors (Lipinski definition) is 8. The fraction of sp³-hybridized carbons (Fsp3) is 0.160. The predicted octanol–water partition coefficient (Wildman–Crippen LogP) is 3.02. The SMILES string of the molecule is Cc1c(C(=O)c2cnn(C)c2O)ccc(S(C)(=O)=O)c1C1=CNOC1.c1ccc(-c2cc[nH]n2)cc1. The third-order valence-corrected chi connectivity index (χ3v) is 6.80. The monoisotopic (exact) mass is 507 g/mol. The van der Waals surface area contributed by atoms with Crippen LogP contribution in [0.1, 0.15) is 27.0 Å². The summed E-state index contributed by atoms with van der Waals surface area (Å²) in [4.78, 5) is 18.0. The van der Waals surface area contributed by atoms with Crippen molar-refractivity contribution < 1.29 is 23.2 Å². The molecule has 0 fully saturated rings. The normalized spacial score (nSPS) is 12.9. The summed E-state index contributed by atoms with van der Waals surface area (Å²) in [5, 5.41) is 20.7. The third-order valence-electron chi connectivity index (χ3n) is 5.66. The van der Waals surface area contributed by atoms with Crippen molar-refractivity contribution in [3.8, 4) is 17.1 Å². The van der Waals surface area contributed by atoms with Gasteiger partial charge in [0.15, 0.2) is 15.6 Å². The number of H-pyrrole nitrogens is 1. The second-order valence-corrected chi connectivity index (χ2v) is 10.1. The number of carbonyl (C=O) groups is 1. The van der Waals surface area contributed by atoms with Crippen LogP contribution < -0.4 is 5.48 Å². The quantitative estimate of drug-likeness (QED) is 0.350. The number of hydrogen-bond donors (Lipinski definition) is 3. The van der Waals surface area contributed by atoms with Gasteiger partial charge in [-0.15, -0.1) is 0 Å². The Balaban J connectivity index is 0.000000229. The molecule has 1 aliphatic rings. The number of aromatic nitrogens is 4. The Labute approximate surface area is 208 Å². The van der Waals surface area contributed by atoms with E-state index in [4.69, 9.17) is 4.84 Å². The Morgan fingerprint density at radius 2 is 1.86 bits per heavy atom. The van der Waals surface area contributed by atoms with Gasteiger partial charge < -0.3 is 5.11 Å². The first kappa shape index (κ1) is 24.9. The molecule has 3 N–H and O–H groups in total. The van der Waals surface area contributed by atoms with Crippen LogP contribution in [-0.2, 0) is 21.7 Å². The maximum absolute atomic E-state index is 12.8. The number of benzene rings is 2. The summed E-state index contributed by atoms with van der Waals surface area (Å²) >= 11 is 0. The van der Waals surface area contributed by atoms with Crippen molar-refractivity contribution in [3.63, 3.8) is 0 Å². The number of sulfone groups is 1. The van der Waals surface area contributed by atoms with E-state index in [2.05, 4.69) is 20.8 Å². The van der Waals surface area contributed by atoms with Crippen molar-refractivity contribution in [1.82, 2.24) is 25.5 Å². The zero-order chi connectivity index (χ0) is 25.9. The summed E-state index contributed by atoms with van der Waals surface area (Å²) in [6, 6.07) is 14.9. The van der Waals surface area contributed by atoms with Gasteiger partial charge in [0.05, 0.1) is 16.8 Å². The first-order valence-corrected chi connectivity index (χ1v) is 12.8. The van der Waals surface area contributed by atoms with Crippen molar-refractivity contribution in [2.75, 3.05) is 12.9 Å². The van der Waals surface area contributed by atoms with Gasteiger partial charge in [-0.1, -0.05) is 30.3 Å². The number of aryl methyl sites for hydroxylation is 1. The Bertz CT molecular complexity index is 1520. The molecule has 10 nitrogen and oxygen atoms in total. The molecule has 0 aliphatic carbocycles. The molecule has 0 saturated carbocycles. The maximum Gasteiger partial charge on any atom is 0.220 e. The molecule has 0 bridgehead atoms. The fourth-order valence-corrected chi connectivity index (χ4v) is 4.80. The van der Waals surface area contributed by atoms with Gasteiger partial charge in [0, 0.05) is 48.0 Å². The Kier molecular flexibility index (Phi) is 7.04. The second-order valence-electron chi connectivity index (χ2n) is 8.12. The summed E-state index contributed by atoms with van der Waals surface area (Å²) in [5.41, 5.74) is 6.61. The smallest absolute Gasteiger partial charge is 0.220 e. The van der Waals surface area contributed by atoms with Gasteiger partial charge in [-0.2, -0.15) is 10.2 Å². The molecule has 186 valence electrons. The van der Waals surface area contributed by atoms with Crippen LogP contribution in [-0.4, -0.2) is 52.1 Å². The van der Waals surface area contributed by atoms with Crippen molar-refractivity contribution in [2.24, 2.45) is 7.05 Å². The number of nitrogens with one attached hydrogen (secondary N) is 2. The van der Waals surface area contributed by atoms with Gasteiger partial charge >= 0.3 is 0 Å². The van der Waals surface area contributed by atoms with E-state index in [-0.39, 0.29) is 22.9 Å². The summed E-state index contributed by atoms with van der Waals surface area (Å²) in [6.45, 7) is 1.85. The molecular formula is C25H25N5O5S. The average molecular weight is 508 g/mol. The highest BCUT2D eigenvalue weighted by Crippen LogP contribution is 2.32. The summed E-state index contributed by atoms with van der Waals surface area (Å²) in [7, 11) is -1.99. The number of aromatic hydroxyl groups is 1. The molecule has 3 heterocycles. The van der Waals surface area contributed by atoms with E-state index in [1.54, 1.807) is 13.1 Å². The minimum absolute atomic E-state index is 0.0541.